The van der Waals surface area contributed by atoms with Gasteiger partial charge >= 0.3 is 0 Å². The first-order valence-corrected chi connectivity index (χ1v) is 11.3. The van der Waals surface area contributed by atoms with Gasteiger partial charge in [0.05, 0.1) is 12.7 Å². The van der Waals surface area contributed by atoms with E-state index in [-0.39, 0.29) is 41.8 Å². The summed E-state index contributed by atoms with van der Waals surface area (Å²) in [5.41, 5.74) is 1.03. The quantitative estimate of drug-likeness (QED) is 0.200. The highest BCUT2D eigenvalue weighted by Gasteiger charge is 2.25. The van der Waals surface area contributed by atoms with Crippen molar-refractivity contribution in [1.82, 2.24) is 0 Å². The maximum absolute atomic E-state index is 14.7. The van der Waals surface area contributed by atoms with Gasteiger partial charge in [0.1, 0.15) is 0 Å². The standard InChI is InChI=1S/C28H32F4O2/c1-6-34-20(5)26(30)25(29)19(4)18(3)9-7-17(2)8-10-22-13-16-24(28(32)27(22)31)21-11-14-23(33)15-12-21/h7,9,13,16,21,23,33H,2-6,8,10-12,14-15H2,1H3/b9-7-,26-25-. The summed E-state index contributed by atoms with van der Waals surface area (Å²) >= 11 is 0. The van der Waals surface area contributed by atoms with Crippen LogP contribution in [0, 0.1) is 11.6 Å². The molecular weight excluding hydrogens is 444 g/mol. The summed E-state index contributed by atoms with van der Waals surface area (Å²) in [5, 5.41) is 9.63. The molecule has 0 spiro atoms. The number of aliphatic hydroxyl groups excluding tert-OH is 1. The van der Waals surface area contributed by atoms with E-state index in [0.29, 0.717) is 43.2 Å². The van der Waals surface area contributed by atoms with E-state index < -0.39 is 29.0 Å². The lowest BCUT2D eigenvalue weighted by Gasteiger charge is -2.26. The Labute approximate surface area is 199 Å². The minimum Gasteiger partial charge on any atom is -0.491 e. The largest absolute Gasteiger partial charge is 0.491 e. The Kier molecular flexibility index (Phi) is 10.1. The summed E-state index contributed by atoms with van der Waals surface area (Å²) in [6.45, 7) is 16.1. The summed E-state index contributed by atoms with van der Waals surface area (Å²) in [7, 11) is 0. The van der Waals surface area contributed by atoms with Crippen LogP contribution in [0.25, 0.3) is 0 Å². The molecule has 2 nitrogen and oxygen atoms in total. The van der Waals surface area contributed by atoms with Crippen molar-refractivity contribution in [3.63, 3.8) is 0 Å². The normalized spacial score (nSPS) is 19.0. The first-order valence-electron chi connectivity index (χ1n) is 11.3. The van der Waals surface area contributed by atoms with Gasteiger partial charge in [-0.1, -0.05) is 56.2 Å². The van der Waals surface area contributed by atoms with Crippen LogP contribution in [-0.2, 0) is 11.2 Å². The fourth-order valence-electron chi connectivity index (χ4n) is 3.83. The van der Waals surface area contributed by atoms with Gasteiger partial charge in [-0.25, -0.2) is 13.2 Å². The van der Waals surface area contributed by atoms with Crippen LogP contribution in [0.15, 0.2) is 84.7 Å². The molecule has 1 aromatic carbocycles. The highest BCUT2D eigenvalue weighted by Crippen LogP contribution is 2.35. The highest BCUT2D eigenvalue weighted by atomic mass is 19.2. The van der Waals surface area contributed by atoms with Crippen LogP contribution in [-0.4, -0.2) is 17.8 Å². The number of hydrogen-bond acceptors (Lipinski definition) is 2. The first kappa shape index (κ1) is 27.4. The van der Waals surface area contributed by atoms with Crippen molar-refractivity contribution < 1.29 is 27.4 Å². The Bertz CT molecular complexity index is 1010. The zero-order valence-corrected chi connectivity index (χ0v) is 19.6. The molecule has 1 aromatic rings. The van der Waals surface area contributed by atoms with Crippen molar-refractivity contribution in [1.29, 1.82) is 0 Å². The van der Waals surface area contributed by atoms with Crippen LogP contribution in [0.2, 0.25) is 0 Å². The van der Waals surface area contributed by atoms with Crippen molar-refractivity contribution in [3.05, 3.63) is 107 Å². The lowest BCUT2D eigenvalue weighted by atomic mass is 9.82. The zero-order chi connectivity index (χ0) is 25.4. The second kappa shape index (κ2) is 12.6. The van der Waals surface area contributed by atoms with Gasteiger partial charge in [0, 0.05) is 5.57 Å². The van der Waals surface area contributed by atoms with Gasteiger partial charge in [0.2, 0.25) is 5.83 Å². The molecule has 184 valence electrons. The Hall–Kier alpha value is -2.86. The van der Waals surface area contributed by atoms with Crippen molar-refractivity contribution >= 4 is 0 Å². The molecule has 0 atom stereocenters. The van der Waals surface area contributed by atoms with Gasteiger partial charge in [0.15, 0.2) is 23.2 Å². The summed E-state index contributed by atoms with van der Waals surface area (Å²) in [5.74, 6) is -4.68. The summed E-state index contributed by atoms with van der Waals surface area (Å²) in [6, 6.07) is 3.21. The topological polar surface area (TPSA) is 29.5 Å². The van der Waals surface area contributed by atoms with E-state index in [4.69, 9.17) is 4.74 Å². The molecule has 0 aromatic heterocycles. The van der Waals surface area contributed by atoms with Crippen LogP contribution < -0.4 is 0 Å². The fraction of sp³-hybridized carbons (Fsp3) is 0.357. The third-order valence-corrected chi connectivity index (χ3v) is 5.97. The maximum atomic E-state index is 14.7. The molecule has 34 heavy (non-hydrogen) atoms. The lowest BCUT2D eigenvalue weighted by Crippen LogP contribution is -2.18. The summed E-state index contributed by atoms with van der Waals surface area (Å²) < 4.78 is 62.4. The average Bonchev–Trinajstić information content (AvgIpc) is 2.82. The number of halogens is 4. The molecule has 0 amide bonds. The van der Waals surface area contributed by atoms with E-state index in [1.165, 1.54) is 6.08 Å². The Balaban J connectivity index is 1.97. The summed E-state index contributed by atoms with van der Waals surface area (Å²) in [6.07, 6.45) is 5.60. The number of hydrogen-bond donors (Lipinski definition) is 1. The molecule has 2 rings (SSSR count). The molecule has 0 saturated heterocycles. The van der Waals surface area contributed by atoms with Gasteiger partial charge in [-0.15, -0.1) is 0 Å². The molecule has 0 unspecified atom stereocenters. The number of allylic oxidation sites excluding steroid dienone is 7. The second-order valence-electron chi connectivity index (χ2n) is 8.43. The first-order chi connectivity index (χ1) is 16.1. The molecular formula is C28H32F4O2. The number of aliphatic hydroxyl groups is 1. The van der Waals surface area contributed by atoms with Crippen LogP contribution in [0.5, 0.6) is 0 Å². The molecule has 1 N–H and O–H groups in total. The van der Waals surface area contributed by atoms with E-state index in [2.05, 4.69) is 26.3 Å². The smallest absolute Gasteiger partial charge is 0.200 e. The molecule has 6 heteroatoms. The van der Waals surface area contributed by atoms with E-state index in [1.807, 2.05) is 0 Å². The minimum absolute atomic E-state index is 0.0889. The van der Waals surface area contributed by atoms with E-state index >= 15 is 0 Å². The van der Waals surface area contributed by atoms with Crippen molar-refractivity contribution in [3.8, 4) is 0 Å². The number of aryl methyl sites for hydroxylation is 1. The predicted molar refractivity (Wildman–Crippen MR) is 128 cm³/mol. The lowest BCUT2D eigenvalue weighted by molar-refractivity contribution is 0.122. The van der Waals surface area contributed by atoms with Crippen molar-refractivity contribution in [2.24, 2.45) is 0 Å². The fourth-order valence-corrected chi connectivity index (χ4v) is 3.83. The molecule has 1 aliphatic carbocycles. The third-order valence-electron chi connectivity index (χ3n) is 5.97. The van der Waals surface area contributed by atoms with E-state index in [1.54, 1.807) is 25.1 Å². The SMILES string of the molecule is C=C(/C=C\C(=C)C(=C)/C(F)=C(/F)C(=C)OCC)CCc1ccc(C2CCC(O)CC2)c(F)c1F. The van der Waals surface area contributed by atoms with Crippen molar-refractivity contribution in [2.75, 3.05) is 6.61 Å². The maximum Gasteiger partial charge on any atom is 0.200 e. The van der Waals surface area contributed by atoms with E-state index in [9.17, 15) is 22.7 Å². The van der Waals surface area contributed by atoms with Gasteiger partial charge in [-0.2, -0.15) is 4.39 Å². The second-order valence-corrected chi connectivity index (χ2v) is 8.43. The molecule has 1 saturated carbocycles. The Morgan fingerprint density at radius 2 is 1.65 bits per heavy atom. The minimum atomic E-state index is -1.24. The number of ether oxygens (including phenoxy) is 1. The van der Waals surface area contributed by atoms with E-state index in [0.717, 1.165) is 0 Å². The zero-order valence-electron chi connectivity index (χ0n) is 19.6. The van der Waals surface area contributed by atoms with Gasteiger partial charge in [0.25, 0.3) is 0 Å². The number of benzene rings is 1. The summed E-state index contributed by atoms with van der Waals surface area (Å²) in [4.78, 5) is 0. The van der Waals surface area contributed by atoms with Gasteiger partial charge in [-0.05, 0) is 68.1 Å². The van der Waals surface area contributed by atoms with Crippen molar-refractivity contribution in [2.45, 2.75) is 57.5 Å². The van der Waals surface area contributed by atoms with Crippen LogP contribution in [0.1, 0.15) is 56.1 Å². The molecule has 1 aliphatic rings. The van der Waals surface area contributed by atoms with Gasteiger partial charge < -0.3 is 9.84 Å². The van der Waals surface area contributed by atoms with Crippen LogP contribution in [0.4, 0.5) is 17.6 Å². The Morgan fingerprint density at radius 1 is 1.00 bits per heavy atom. The molecule has 0 aliphatic heterocycles. The van der Waals surface area contributed by atoms with Crippen LogP contribution >= 0.6 is 0 Å². The van der Waals surface area contributed by atoms with Crippen LogP contribution in [0.3, 0.4) is 0 Å². The number of rotatable bonds is 11. The monoisotopic (exact) mass is 476 g/mol. The molecule has 0 bridgehead atoms. The Morgan fingerprint density at radius 3 is 2.26 bits per heavy atom. The third kappa shape index (κ3) is 7.07. The van der Waals surface area contributed by atoms with Gasteiger partial charge in [-0.3, -0.25) is 0 Å². The molecule has 1 fully saturated rings. The molecule has 0 radical (unpaired) electrons. The average molecular weight is 477 g/mol. The predicted octanol–water partition coefficient (Wildman–Crippen LogP) is 7.84. The molecule has 0 heterocycles. The highest BCUT2D eigenvalue weighted by molar-refractivity contribution is 5.49.